The number of hydrogen-bond acceptors (Lipinski definition) is 30. The summed E-state index contributed by atoms with van der Waals surface area (Å²) in [4.78, 5) is 113. The maximum atomic E-state index is 12.2. The van der Waals surface area contributed by atoms with Crippen LogP contribution < -0.4 is 53.2 Å². The van der Waals surface area contributed by atoms with E-state index in [1.807, 2.05) is 87.5 Å². The zero-order valence-electron chi connectivity index (χ0n) is 84.0. The van der Waals surface area contributed by atoms with Gasteiger partial charge in [0.1, 0.15) is 16.8 Å². The number of aliphatic hydroxyl groups excluding tert-OH is 2. The molecule has 13 heterocycles. The summed E-state index contributed by atoms with van der Waals surface area (Å²) in [6, 6.07) is 29.3. The molecule has 15 N–H and O–H groups in total. The molecule has 702 valence electrons. The van der Waals surface area contributed by atoms with Crippen molar-refractivity contribution < 1.29 is 60.4 Å². The van der Waals surface area contributed by atoms with Crippen LogP contribution in [0.2, 0.25) is 0 Å². The molecule has 0 spiro atoms. The lowest BCUT2D eigenvalue weighted by Gasteiger charge is -2.22. The molecule has 2 fully saturated rings. The molecule has 8 amide bonds. The predicted molar refractivity (Wildman–Crippen MR) is 534 cm³/mol. The van der Waals surface area contributed by atoms with E-state index in [1.165, 1.54) is 57.6 Å². The Labute approximate surface area is 807 Å². The lowest BCUT2D eigenvalue weighted by atomic mass is 9.92. The number of fused-ring (bicyclic) bond motifs is 4. The zero-order valence-corrected chi connectivity index (χ0v) is 79.3. The van der Waals surface area contributed by atoms with Crippen molar-refractivity contribution >= 4 is 137 Å². The number of rotatable bonds is 26. The Morgan fingerprint density at radius 2 is 0.881 bits per heavy atom. The van der Waals surface area contributed by atoms with Crippen molar-refractivity contribution in [2.75, 3.05) is 85.2 Å². The molecule has 1 unspecified atom stereocenters. The van der Waals surface area contributed by atoms with Crippen LogP contribution in [-0.2, 0) is 34.4 Å². The Kier molecular flexibility index (Phi) is 28.7. The summed E-state index contributed by atoms with van der Waals surface area (Å²) in [5.74, 6) is -0.823. The lowest BCUT2D eigenvalue weighted by Crippen LogP contribution is -2.28. The molecule has 17 rings (SSSR count). The molecule has 2 saturated heterocycles. The van der Waals surface area contributed by atoms with Gasteiger partial charge in [-0.25, -0.2) is 69.0 Å². The number of nitrogens with two attached hydrogens (primary N) is 1. The van der Waals surface area contributed by atoms with Gasteiger partial charge in [0.2, 0.25) is 0 Å². The summed E-state index contributed by atoms with van der Waals surface area (Å²) < 4.78 is 74.0. The highest BCUT2D eigenvalue weighted by Crippen LogP contribution is 2.45. The van der Waals surface area contributed by atoms with E-state index in [9.17, 15) is 39.6 Å². The Morgan fingerprint density at radius 1 is 0.481 bits per heavy atom. The number of thiazole rings is 4. The summed E-state index contributed by atoms with van der Waals surface area (Å²) in [5.41, 5.74) is 19.5. The number of unbranched alkanes of at least 4 members (excludes halogenated alkanes) is 1. The Bertz CT molecular complexity index is 7050. The number of aryl methyl sites for hydroxylation is 1. The van der Waals surface area contributed by atoms with Crippen LogP contribution in [0.4, 0.5) is 45.4 Å². The molecule has 34 nitrogen and oxygen atoms in total. The summed E-state index contributed by atoms with van der Waals surface area (Å²) >= 11 is 5.44. The molecule has 0 bridgehead atoms. The largest absolute Gasteiger partial charge is 0.396 e. The van der Waals surface area contributed by atoms with Gasteiger partial charge in [0.15, 0.2) is 38.0 Å². The number of benzene rings is 4. The van der Waals surface area contributed by atoms with Gasteiger partial charge in [-0.3, -0.25) is 41.2 Å². The van der Waals surface area contributed by atoms with Gasteiger partial charge in [-0.2, -0.15) is 0 Å². The first-order valence-electron chi connectivity index (χ1n) is 47.7. The van der Waals surface area contributed by atoms with Crippen LogP contribution in [0.3, 0.4) is 0 Å². The van der Waals surface area contributed by atoms with Crippen LogP contribution in [0.25, 0.3) is 119 Å². The Morgan fingerprint density at radius 3 is 1.28 bits per heavy atom. The van der Waals surface area contributed by atoms with Crippen molar-refractivity contribution in [3.8, 4) is 78.3 Å². The highest BCUT2D eigenvalue weighted by Gasteiger charge is 2.29. The molecule has 2 atom stereocenters. The first kappa shape index (κ1) is 87.2. The van der Waals surface area contributed by atoms with Gasteiger partial charge in [0.25, 0.3) is 0 Å². The first-order chi connectivity index (χ1) is 67.8. The van der Waals surface area contributed by atoms with E-state index in [0.29, 0.717) is 96.5 Å². The molecule has 38 heteroatoms. The maximum absolute atomic E-state index is 12.2. The van der Waals surface area contributed by atoms with E-state index in [2.05, 4.69) is 134 Å². The van der Waals surface area contributed by atoms with Gasteiger partial charge >= 0.3 is 24.1 Å². The average Bonchev–Trinajstić information content (AvgIpc) is 1.16. The second-order valence-electron chi connectivity index (χ2n) is 33.1. The van der Waals surface area contributed by atoms with E-state index in [4.69, 9.17) is 21.8 Å². The molecule has 0 aliphatic carbocycles. The fraction of sp³-hybridized carbons (Fsp3) is 0.340. The zero-order chi connectivity index (χ0) is 103. The summed E-state index contributed by atoms with van der Waals surface area (Å²) in [7, 11) is 0. The van der Waals surface area contributed by atoms with Gasteiger partial charge in [0, 0.05) is 178 Å². The summed E-state index contributed by atoms with van der Waals surface area (Å²) in [6.07, 6.45) is 15.0. The molecule has 2 aliphatic heterocycles. The van der Waals surface area contributed by atoms with Gasteiger partial charge in [-0.15, -0.1) is 0 Å². The number of nitrogens with zero attached hydrogens (tertiary/aromatic N) is 15. The first-order valence-corrected chi connectivity index (χ1v) is 47.0. The average molecular weight is 1910 g/mol. The van der Waals surface area contributed by atoms with Crippen molar-refractivity contribution in [3.05, 3.63) is 199 Å². The number of nitrogens with one attached hydrogen (secondary N) is 8. The standard InChI is InChI=1S/C28H32N6O3S.C26H30N6O3S.C22H21N5O2S.C21H27N7O2S/c1-4-29-26(35)34-27-33-23-14-19(20-15-31-25(32-16-20)28(2,3)36)13-21(24(23)38-27)22-12-18(5-8-30-22)11-17-6-9-37-10-7-17;1-4-27-24(34)32-25-31-21-13-17(18-14-29-23(30-15-18)26(2,3)35)12-19(22(21)36-25)20-11-16(8-9-28-20)7-5-6-10-33;1-3-24-21(29)27-22-26-19-10-14(16-8-15(13(2)28)11-23-12-16)9-17(20(19)30-22)18-6-4-5-7-25-18;1-4-23-19(29)27-20-26-15-7-12(13-9-24-18(25-10-13)21(2,3)30)8-16(17(15)31-20)28-6-5-14(22)11-28/h5,8,12-17,36H,4,6-7,9-11H2,1-3H3,(H2,29,33,34,35);8-9,11-15,33,35H,4-7,10H2,1-3H3,(H2,27,31,32,34);4-13,28H,3H2,1-2H3,(H2,24,26,27,29);7-10,14,30H,4-6,11,22H2,1-3H3,(H2,23,26,27,29)/t;;;14-/m...0/s1/i6D2,7D2,9D2,10D2;;;. The van der Waals surface area contributed by atoms with Crippen molar-refractivity contribution in [1.29, 1.82) is 0 Å². The Balaban J connectivity index is 0.000000153. The number of pyridine rings is 4. The molecule has 15 aromatic rings. The van der Waals surface area contributed by atoms with Crippen molar-refractivity contribution in [2.24, 2.45) is 11.7 Å². The Hall–Kier alpha value is -13.1. The summed E-state index contributed by atoms with van der Waals surface area (Å²) in [6.45, 7) is 16.4. The fourth-order valence-electron chi connectivity index (χ4n) is 14.3. The fourth-order valence-corrected chi connectivity index (χ4v) is 18.2. The van der Waals surface area contributed by atoms with Crippen LogP contribution >= 0.6 is 45.3 Å². The SMILES string of the molecule is CCNC(=O)Nc1nc2cc(-c3cnc(C(C)(C)O)nc3)cc(-c3cc(CCCCO)ccn3)c2s1.CCNC(=O)Nc1nc2cc(-c3cnc(C(C)(C)O)nc3)cc(N3CC[C@H](N)C3)c2s1.CCNC(=O)Nc1nc2cc(-c3cncc(C(C)O)c3)cc(-c3ccccn3)c2s1.[2H]C1([2H])OC([2H])([2H])C([2H])([2H])C(Cc2ccnc(-c3cc(-c4cnc(C(C)(C)O)nc4)cc4nc(NC(=O)NCC)sc34)c2)C1([2H])[2H]. The van der Waals surface area contributed by atoms with Crippen LogP contribution in [0.15, 0.2) is 165 Å². The third-order valence-electron chi connectivity index (χ3n) is 20.9. The number of ether oxygens (including phenoxy) is 1. The van der Waals surface area contributed by atoms with E-state index in [1.54, 1.807) is 129 Å². The van der Waals surface area contributed by atoms with Gasteiger partial charge < -0.3 is 62.2 Å². The van der Waals surface area contributed by atoms with Crippen LogP contribution in [0.5, 0.6) is 0 Å². The number of carbonyl (C=O) groups excluding carboxylic acids is 4. The van der Waals surface area contributed by atoms with Gasteiger partial charge in [-0.05, 0) is 257 Å². The van der Waals surface area contributed by atoms with E-state index >= 15 is 0 Å². The summed E-state index contributed by atoms with van der Waals surface area (Å²) in [5, 5.41) is 73.4. The third kappa shape index (κ3) is 25.5. The van der Waals surface area contributed by atoms with Crippen LogP contribution in [-0.4, -0.2) is 184 Å². The smallest absolute Gasteiger partial charge is 0.321 e. The maximum Gasteiger partial charge on any atom is 0.321 e. The predicted octanol–water partition coefficient (Wildman–Crippen LogP) is 16.9. The topological polar surface area (TPSA) is 485 Å². The highest BCUT2D eigenvalue weighted by atomic mass is 32.1. The number of hydrogen-bond donors (Lipinski definition) is 14. The third-order valence-corrected chi connectivity index (χ3v) is 25.0. The van der Waals surface area contributed by atoms with Crippen molar-refractivity contribution in [2.45, 2.75) is 150 Å². The minimum Gasteiger partial charge on any atom is -0.396 e. The number of anilines is 5. The van der Waals surface area contributed by atoms with Gasteiger partial charge in [-0.1, -0.05) is 51.4 Å². The van der Waals surface area contributed by atoms with Crippen LogP contribution in [0.1, 0.15) is 159 Å². The quantitative estimate of drug-likeness (QED) is 0.0224. The number of urea groups is 4. The molecule has 2 aliphatic rings. The number of amides is 8. The van der Waals surface area contributed by atoms with E-state index in [0.717, 1.165) is 142 Å². The van der Waals surface area contributed by atoms with Crippen molar-refractivity contribution in [1.82, 2.24) is 91.0 Å². The minimum atomic E-state index is -3.10. The number of aliphatic hydroxyl groups is 5. The monoisotopic (exact) mass is 1910 g/mol. The second kappa shape index (κ2) is 44.4. The van der Waals surface area contributed by atoms with Gasteiger partial charge in [0.05, 0.1) is 75.2 Å². The van der Waals surface area contributed by atoms with E-state index in [-0.39, 0.29) is 43.0 Å². The molecule has 0 saturated carbocycles. The van der Waals surface area contributed by atoms with E-state index < -0.39 is 60.7 Å². The number of carbonyl (C=O) groups is 4. The second-order valence-corrected chi connectivity index (χ2v) is 37.1. The molecule has 11 aromatic heterocycles. The molecule has 4 aromatic carbocycles. The molecular formula is C97H110N24O10S4. The molecule has 0 radical (unpaired) electrons. The normalized spacial score (nSPS) is 16.0. The van der Waals surface area contributed by atoms with Crippen molar-refractivity contribution in [3.63, 3.8) is 0 Å². The minimum absolute atomic E-state index is 0.133. The van der Waals surface area contributed by atoms with Crippen LogP contribution in [0, 0.1) is 5.92 Å². The molecular weight excluding hydrogens is 1790 g/mol. The number of aromatic nitrogens is 14. The highest BCUT2D eigenvalue weighted by molar-refractivity contribution is 7.24. The molecule has 135 heavy (non-hydrogen) atoms. The lowest BCUT2D eigenvalue weighted by molar-refractivity contribution is 0.0665.